The quantitative estimate of drug-likeness (QED) is 0.787. The number of halogens is 3. The second kappa shape index (κ2) is 4.59. The maximum absolute atomic E-state index is 11.7. The topological polar surface area (TPSA) is 42.0 Å². The average Bonchev–Trinajstić information content (AvgIpc) is 2.18. The summed E-state index contributed by atoms with van der Waals surface area (Å²) < 4.78 is 35.2. The third-order valence-electron chi connectivity index (χ3n) is 1.44. The lowest BCUT2D eigenvalue weighted by Gasteiger charge is -2.00. The summed E-state index contributed by atoms with van der Waals surface area (Å²) in [5.74, 6) is -1.90. The van der Waals surface area contributed by atoms with Gasteiger partial charge in [0.05, 0.1) is 0 Å². The lowest BCUT2D eigenvalue weighted by atomic mass is 10.3. The molecule has 1 aromatic heterocycles. The Hall–Kier alpha value is -1.85. The first-order valence-electron chi connectivity index (χ1n) is 3.94. The van der Waals surface area contributed by atoms with E-state index in [1.54, 1.807) is 12.1 Å². The zero-order valence-electron chi connectivity index (χ0n) is 7.45. The Morgan fingerprint density at radius 3 is 2.47 bits per heavy atom. The van der Waals surface area contributed by atoms with E-state index >= 15 is 0 Å². The van der Waals surface area contributed by atoms with Crippen LogP contribution in [0.25, 0.3) is 0 Å². The van der Waals surface area contributed by atoms with Crippen molar-refractivity contribution in [2.45, 2.75) is 6.18 Å². The van der Waals surface area contributed by atoms with Gasteiger partial charge in [0, 0.05) is 30.4 Å². The summed E-state index contributed by atoms with van der Waals surface area (Å²) in [6.45, 7) is 0. The number of aromatic nitrogens is 1. The van der Waals surface area contributed by atoms with Crippen molar-refractivity contribution in [3.63, 3.8) is 0 Å². The minimum atomic E-state index is -4.82. The Kier molecular flexibility index (Phi) is 3.43. The number of carbonyl (C=O) groups excluding carboxylic acids is 1. The van der Waals surface area contributed by atoms with Crippen LogP contribution in [0.4, 0.5) is 18.9 Å². The van der Waals surface area contributed by atoms with Crippen molar-refractivity contribution in [3.8, 4) is 0 Å². The number of hydrogen-bond acceptors (Lipinski definition) is 3. The van der Waals surface area contributed by atoms with Gasteiger partial charge >= 0.3 is 6.18 Å². The van der Waals surface area contributed by atoms with Gasteiger partial charge in [0.15, 0.2) is 0 Å². The van der Waals surface area contributed by atoms with E-state index in [4.69, 9.17) is 0 Å². The summed E-state index contributed by atoms with van der Waals surface area (Å²) in [5, 5.41) is 2.51. The maximum atomic E-state index is 11.7. The number of nitrogens with one attached hydrogen (secondary N) is 1. The molecule has 1 N–H and O–H groups in total. The molecule has 1 rings (SSSR count). The summed E-state index contributed by atoms with van der Waals surface area (Å²) in [5.41, 5.74) is 0.552. The number of alkyl halides is 3. The van der Waals surface area contributed by atoms with Crippen molar-refractivity contribution < 1.29 is 18.0 Å². The number of ketones is 1. The van der Waals surface area contributed by atoms with E-state index in [9.17, 15) is 18.0 Å². The van der Waals surface area contributed by atoms with E-state index in [1.165, 1.54) is 12.4 Å². The molecule has 0 saturated carbocycles. The van der Waals surface area contributed by atoms with Crippen molar-refractivity contribution in [2.24, 2.45) is 0 Å². The summed E-state index contributed by atoms with van der Waals surface area (Å²) >= 11 is 0. The van der Waals surface area contributed by atoms with Crippen LogP contribution in [0.2, 0.25) is 0 Å². The zero-order chi connectivity index (χ0) is 11.3. The molecule has 0 aliphatic rings. The Bertz CT molecular complexity index is 359. The van der Waals surface area contributed by atoms with Crippen molar-refractivity contribution in [3.05, 3.63) is 36.8 Å². The van der Waals surface area contributed by atoms with Crippen molar-refractivity contribution in [2.75, 3.05) is 5.32 Å². The molecule has 1 heterocycles. The van der Waals surface area contributed by atoms with Gasteiger partial charge in [-0.25, -0.2) is 0 Å². The Labute approximate surface area is 83.6 Å². The molecular formula is C9H7F3N2O. The Morgan fingerprint density at radius 2 is 1.93 bits per heavy atom. The molecule has 0 aliphatic carbocycles. The van der Waals surface area contributed by atoms with Gasteiger partial charge in [-0.05, 0) is 12.1 Å². The number of anilines is 1. The second-order valence-corrected chi connectivity index (χ2v) is 2.58. The van der Waals surface area contributed by atoms with Gasteiger partial charge in [0.2, 0.25) is 0 Å². The summed E-state index contributed by atoms with van der Waals surface area (Å²) in [4.78, 5) is 14.1. The van der Waals surface area contributed by atoms with Gasteiger partial charge in [-0.2, -0.15) is 13.2 Å². The monoisotopic (exact) mass is 216 g/mol. The molecule has 0 spiro atoms. The van der Waals surface area contributed by atoms with Crippen molar-refractivity contribution >= 4 is 11.5 Å². The molecule has 1 aromatic rings. The van der Waals surface area contributed by atoms with E-state index in [2.05, 4.69) is 10.3 Å². The van der Waals surface area contributed by atoms with Gasteiger partial charge in [-0.3, -0.25) is 9.78 Å². The molecule has 0 atom stereocenters. The van der Waals surface area contributed by atoms with Crippen LogP contribution in [-0.4, -0.2) is 16.9 Å². The fourth-order valence-corrected chi connectivity index (χ4v) is 0.756. The number of allylic oxidation sites excluding steroid dienone is 1. The van der Waals surface area contributed by atoms with Crippen LogP contribution in [0.5, 0.6) is 0 Å². The molecule has 0 unspecified atom stereocenters. The lowest BCUT2D eigenvalue weighted by Crippen LogP contribution is -2.20. The fraction of sp³-hybridized carbons (Fsp3) is 0.111. The first kappa shape index (κ1) is 11.2. The highest BCUT2D eigenvalue weighted by Crippen LogP contribution is 2.16. The third-order valence-corrected chi connectivity index (χ3v) is 1.44. The number of nitrogens with zero attached hydrogens (tertiary/aromatic N) is 1. The van der Waals surface area contributed by atoms with Gasteiger partial charge in [-0.1, -0.05) is 0 Å². The zero-order valence-corrected chi connectivity index (χ0v) is 7.45. The largest absolute Gasteiger partial charge is 0.454 e. The van der Waals surface area contributed by atoms with Crippen LogP contribution in [0, 0.1) is 0 Å². The van der Waals surface area contributed by atoms with Crippen LogP contribution in [-0.2, 0) is 4.79 Å². The van der Waals surface area contributed by atoms with Crippen LogP contribution in [0.15, 0.2) is 36.8 Å². The highest BCUT2D eigenvalue weighted by molar-refractivity contribution is 5.94. The Balaban J connectivity index is 2.51. The van der Waals surface area contributed by atoms with Crippen LogP contribution >= 0.6 is 0 Å². The highest BCUT2D eigenvalue weighted by atomic mass is 19.4. The number of hydrogen-bond donors (Lipinski definition) is 1. The molecule has 80 valence electrons. The molecule has 0 aromatic carbocycles. The fourth-order valence-electron chi connectivity index (χ4n) is 0.756. The number of pyridine rings is 1. The van der Waals surface area contributed by atoms with E-state index in [0.717, 1.165) is 6.20 Å². The van der Waals surface area contributed by atoms with Crippen molar-refractivity contribution in [1.82, 2.24) is 4.98 Å². The van der Waals surface area contributed by atoms with E-state index in [-0.39, 0.29) is 0 Å². The minimum Gasteiger partial charge on any atom is -0.361 e. The predicted octanol–water partition coefficient (Wildman–Crippen LogP) is 2.14. The first-order chi connectivity index (χ1) is 7.00. The predicted molar refractivity (Wildman–Crippen MR) is 48.1 cm³/mol. The summed E-state index contributed by atoms with van der Waals surface area (Å²) in [7, 11) is 0. The maximum Gasteiger partial charge on any atom is 0.454 e. The van der Waals surface area contributed by atoms with Gasteiger partial charge in [0.25, 0.3) is 5.78 Å². The summed E-state index contributed by atoms with van der Waals surface area (Å²) in [6.07, 6.45) is -0.508. The molecular weight excluding hydrogens is 209 g/mol. The van der Waals surface area contributed by atoms with Gasteiger partial charge in [-0.15, -0.1) is 0 Å². The standard InChI is InChI=1S/C9H7F3N2O/c10-9(11,12)8(15)3-6-14-7-1-4-13-5-2-7/h1-6H,(H,13,14)/b6-3+. The van der Waals surface area contributed by atoms with Gasteiger partial charge in [0.1, 0.15) is 0 Å². The average molecular weight is 216 g/mol. The van der Waals surface area contributed by atoms with Crippen LogP contribution in [0.1, 0.15) is 0 Å². The molecule has 0 amide bonds. The lowest BCUT2D eigenvalue weighted by molar-refractivity contribution is -0.165. The van der Waals surface area contributed by atoms with E-state index < -0.39 is 12.0 Å². The number of carbonyl (C=O) groups is 1. The first-order valence-corrected chi connectivity index (χ1v) is 3.94. The molecule has 6 heteroatoms. The molecule has 15 heavy (non-hydrogen) atoms. The molecule has 0 fully saturated rings. The van der Waals surface area contributed by atoms with E-state index in [0.29, 0.717) is 11.8 Å². The minimum absolute atomic E-state index is 0.431. The molecule has 0 bridgehead atoms. The highest BCUT2D eigenvalue weighted by Gasteiger charge is 2.35. The molecule has 3 nitrogen and oxygen atoms in total. The molecule has 0 aliphatic heterocycles. The normalized spacial score (nSPS) is 11.7. The smallest absolute Gasteiger partial charge is 0.361 e. The number of rotatable bonds is 3. The SMILES string of the molecule is O=C(/C=C/Nc1ccncc1)C(F)(F)F. The Morgan fingerprint density at radius 1 is 1.33 bits per heavy atom. The molecule has 0 saturated heterocycles. The van der Waals surface area contributed by atoms with Crippen LogP contribution in [0.3, 0.4) is 0 Å². The van der Waals surface area contributed by atoms with Crippen LogP contribution < -0.4 is 5.32 Å². The van der Waals surface area contributed by atoms with E-state index in [1.807, 2.05) is 0 Å². The molecule has 0 radical (unpaired) electrons. The van der Waals surface area contributed by atoms with Gasteiger partial charge < -0.3 is 5.32 Å². The summed E-state index contributed by atoms with van der Waals surface area (Å²) in [6, 6.07) is 3.12. The second-order valence-electron chi connectivity index (χ2n) is 2.58. The third kappa shape index (κ3) is 3.80. The van der Waals surface area contributed by atoms with Crippen molar-refractivity contribution in [1.29, 1.82) is 0 Å².